The van der Waals surface area contributed by atoms with Crippen LogP contribution >= 0.6 is 12.4 Å². The predicted octanol–water partition coefficient (Wildman–Crippen LogP) is 2.95. The van der Waals surface area contributed by atoms with Crippen molar-refractivity contribution in [2.24, 2.45) is 11.7 Å². The van der Waals surface area contributed by atoms with Crippen LogP contribution in [0.5, 0.6) is 0 Å². The molecule has 0 radical (unpaired) electrons. The van der Waals surface area contributed by atoms with Gasteiger partial charge in [-0.1, -0.05) is 31.9 Å². The zero-order valence-electron chi connectivity index (χ0n) is 13.0. The van der Waals surface area contributed by atoms with Gasteiger partial charge in [-0.2, -0.15) is 0 Å². The SMILES string of the molecule is CCC(=O)c1ccc(C(=O)NC2CCCCC2CN)cc1.Cl. The molecule has 1 aliphatic rings. The summed E-state index contributed by atoms with van der Waals surface area (Å²) in [6.45, 7) is 2.45. The first-order valence-electron chi connectivity index (χ1n) is 7.80. The van der Waals surface area contributed by atoms with Crippen LogP contribution in [0.15, 0.2) is 24.3 Å². The second-order valence-electron chi connectivity index (χ2n) is 5.71. The third-order valence-electron chi connectivity index (χ3n) is 4.32. The van der Waals surface area contributed by atoms with E-state index in [0.717, 1.165) is 19.3 Å². The van der Waals surface area contributed by atoms with Crippen molar-refractivity contribution < 1.29 is 9.59 Å². The molecule has 1 aromatic rings. The minimum Gasteiger partial charge on any atom is -0.349 e. The van der Waals surface area contributed by atoms with Crippen LogP contribution in [0.25, 0.3) is 0 Å². The van der Waals surface area contributed by atoms with Crippen molar-refractivity contribution in [3.63, 3.8) is 0 Å². The van der Waals surface area contributed by atoms with Gasteiger partial charge >= 0.3 is 0 Å². The summed E-state index contributed by atoms with van der Waals surface area (Å²) in [7, 11) is 0. The number of amides is 1. The molecule has 1 amide bonds. The normalized spacial score (nSPS) is 20.8. The van der Waals surface area contributed by atoms with Gasteiger partial charge < -0.3 is 11.1 Å². The summed E-state index contributed by atoms with van der Waals surface area (Å²) in [6, 6.07) is 7.06. The molecule has 0 bridgehead atoms. The summed E-state index contributed by atoms with van der Waals surface area (Å²) < 4.78 is 0. The smallest absolute Gasteiger partial charge is 0.251 e. The van der Waals surface area contributed by atoms with E-state index < -0.39 is 0 Å². The number of rotatable bonds is 5. The summed E-state index contributed by atoms with van der Waals surface area (Å²) in [6.07, 6.45) is 4.91. The fraction of sp³-hybridized carbons (Fsp3) is 0.529. The second-order valence-corrected chi connectivity index (χ2v) is 5.71. The topological polar surface area (TPSA) is 72.2 Å². The van der Waals surface area contributed by atoms with Gasteiger partial charge in [-0.15, -0.1) is 12.4 Å². The lowest BCUT2D eigenvalue weighted by atomic mass is 9.84. The number of carbonyl (C=O) groups is 2. The fourth-order valence-electron chi connectivity index (χ4n) is 2.94. The molecule has 0 saturated heterocycles. The van der Waals surface area contributed by atoms with Crippen LogP contribution in [0.1, 0.15) is 59.7 Å². The lowest BCUT2D eigenvalue weighted by molar-refractivity contribution is 0.0906. The number of hydrogen-bond donors (Lipinski definition) is 2. The van der Waals surface area contributed by atoms with Gasteiger partial charge in [-0.25, -0.2) is 0 Å². The van der Waals surface area contributed by atoms with Gasteiger partial charge in [0.25, 0.3) is 5.91 Å². The van der Waals surface area contributed by atoms with Crippen LogP contribution in [0.4, 0.5) is 0 Å². The predicted molar refractivity (Wildman–Crippen MR) is 90.6 cm³/mol. The molecule has 3 N–H and O–H groups in total. The van der Waals surface area contributed by atoms with Crippen LogP contribution in [0.3, 0.4) is 0 Å². The van der Waals surface area contributed by atoms with Crippen molar-refractivity contribution in [1.82, 2.24) is 5.32 Å². The molecule has 22 heavy (non-hydrogen) atoms. The van der Waals surface area contributed by atoms with Gasteiger partial charge in [0, 0.05) is 23.6 Å². The Hall–Kier alpha value is -1.39. The molecule has 1 saturated carbocycles. The lowest BCUT2D eigenvalue weighted by Gasteiger charge is -2.31. The van der Waals surface area contributed by atoms with E-state index in [2.05, 4.69) is 5.32 Å². The molecule has 0 aromatic heterocycles. The van der Waals surface area contributed by atoms with E-state index in [4.69, 9.17) is 5.73 Å². The van der Waals surface area contributed by atoms with E-state index in [0.29, 0.717) is 30.0 Å². The highest BCUT2D eigenvalue weighted by molar-refractivity contribution is 5.98. The summed E-state index contributed by atoms with van der Waals surface area (Å²) in [5.41, 5.74) is 7.05. The monoisotopic (exact) mass is 324 g/mol. The number of Topliss-reactive ketones (excluding diaryl/α,β-unsaturated/α-hetero) is 1. The van der Waals surface area contributed by atoms with E-state index in [1.165, 1.54) is 6.42 Å². The van der Waals surface area contributed by atoms with Crippen molar-refractivity contribution >= 4 is 24.1 Å². The summed E-state index contributed by atoms with van der Waals surface area (Å²) in [4.78, 5) is 23.9. The van der Waals surface area contributed by atoms with Crippen LogP contribution in [0, 0.1) is 5.92 Å². The van der Waals surface area contributed by atoms with Gasteiger partial charge in [-0.3, -0.25) is 9.59 Å². The van der Waals surface area contributed by atoms with Crippen molar-refractivity contribution in [2.75, 3.05) is 6.54 Å². The summed E-state index contributed by atoms with van der Waals surface area (Å²) in [5.74, 6) is 0.400. The van der Waals surface area contributed by atoms with Gasteiger partial charge in [0.2, 0.25) is 0 Å². The van der Waals surface area contributed by atoms with Crippen LogP contribution in [-0.2, 0) is 0 Å². The van der Waals surface area contributed by atoms with Crippen LogP contribution in [0.2, 0.25) is 0 Å². The number of benzene rings is 1. The highest BCUT2D eigenvalue weighted by Gasteiger charge is 2.25. The number of carbonyl (C=O) groups excluding carboxylic acids is 2. The van der Waals surface area contributed by atoms with Crippen LogP contribution < -0.4 is 11.1 Å². The standard InChI is InChI=1S/C17H24N2O2.ClH/c1-2-16(20)12-7-9-13(10-8-12)17(21)19-15-6-4-3-5-14(15)11-18;/h7-10,14-15H,2-6,11,18H2,1H3,(H,19,21);1H. The molecular formula is C17H25ClN2O2. The molecule has 2 unspecified atom stereocenters. The quantitative estimate of drug-likeness (QED) is 0.818. The van der Waals surface area contributed by atoms with Gasteiger partial charge in [0.15, 0.2) is 5.78 Å². The summed E-state index contributed by atoms with van der Waals surface area (Å²) >= 11 is 0. The molecular weight excluding hydrogens is 300 g/mol. The maximum absolute atomic E-state index is 12.3. The molecule has 0 spiro atoms. The Morgan fingerprint density at radius 1 is 1.14 bits per heavy atom. The highest BCUT2D eigenvalue weighted by Crippen LogP contribution is 2.23. The van der Waals surface area contributed by atoms with E-state index in [1.807, 2.05) is 6.92 Å². The second kappa shape index (κ2) is 8.91. The number of nitrogens with two attached hydrogens (primary N) is 1. The third-order valence-corrected chi connectivity index (χ3v) is 4.32. The minimum atomic E-state index is -0.0733. The van der Waals surface area contributed by atoms with E-state index in [1.54, 1.807) is 24.3 Å². The highest BCUT2D eigenvalue weighted by atomic mass is 35.5. The zero-order chi connectivity index (χ0) is 15.2. The minimum absolute atomic E-state index is 0. The molecule has 2 rings (SSSR count). The number of nitrogens with one attached hydrogen (secondary N) is 1. The zero-order valence-corrected chi connectivity index (χ0v) is 13.8. The summed E-state index contributed by atoms with van der Waals surface area (Å²) in [5, 5.41) is 3.09. The molecule has 1 aliphatic carbocycles. The Kier molecular flexibility index (Phi) is 7.56. The molecule has 0 aliphatic heterocycles. The Bertz CT molecular complexity index is 502. The number of halogens is 1. The number of ketones is 1. The number of hydrogen-bond acceptors (Lipinski definition) is 3. The molecule has 1 fully saturated rings. The van der Waals surface area contributed by atoms with Crippen molar-refractivity contribution in [3.8, 4) is 0 Å². The molecule has 2 atom stereocenters. The van der Waals surface area contributed by atoms with Gasteiger partial charge in [0.1, 0.15) is 0 Å². The van der Waals surface area contributed by atoms with Crippen molar-refractivity contribution in [2.45, 2.75) is 45.1 Å². The van der Waals surface area contributed by atoms with Gasteiger partial charge in [0.05, 0.1) is 0 Å². The Morgan fingerprint density at radius 2 is 1.73 bits per heavy atom. The van der Waals surface area contributed by atoms with E-state index >= 15 is 0 Å². The van der Waals surface area contributed by atoms with Gasteiger partial charge in [-0.05, 0) is 37.4 Å². The Labute approximate surface area is 138 Å². The average molecular weight is 325 g/mol. The Morgan fingerprint density at radius 3 is 2.32 bits per heavy atom. The fourth-order valence-corrected chi connectivity index (χ4v) is 2.94. The van der Waals surface area contributed by atoms with Crippen molar-refractivity contribution in [1.29, 1.82) is 0 Å². The molecule has 1 aromatic carbocycles. The Balaban J connectivity index is 0.00000242. The van der Waals surface area contributed by atoms with E-state index in [9.17, 15) is 9.59 Å². The van der Waals surface area contributed by atoms with Crippen LogP contribution in [-0.4, -0.2) is 24.3 Å². The third kappa shape index (κ3) is 4.55. The largest absolute Gasteiger partial charge is 0.349 e. The first-order valence-corrected chi connectivity index (χ1v) is 7.80. The first kappa shape index (κ1) is 18.7. The molecule has 4 nitrogen and oxygen atoms in total. The lowest BCUT2D eigenvalue weighted by Crippen LogP contribution is -2.44. The van der Waals surface area contributed by atoms with E-state index in [-0.39, 0.29) is 30.1 Å². The molecule has 5 heteroatoms. The molecule has 0 heterocycles. The van der Waals surface area contributed by atoms with Crippen molar-refractivity contribution in [3.05, 3.63) is 35.4 Å². The maximum atomic E-state index is 12.3. The maximum Gasteiger partial charge on any atom is 0.251 e. The molecule has 122 valence electrons. The first-order chi connectivity index (χ1) is 10.2. The average Bonchev–Trinajstić information content (AvgIpc) is 2.54.